The minimum atomic E-state index is -0.289. The molecule has 0 aliphatic heterocycles. The van der Waals surface area contributed by atoms with Crippen LogP contribution in [0.15, 0.2) is 34.8 Å². The van der Waals surface area contributed by atoms with Gasteiger partial charge in [-0.1, -0.05) is 47.8 Å². The number of hydrogen-bond donors (Lipinski definition) is 0. The van der Waals surface area contributed by atoms with Crippen LogP contribution in [0.4, 0.5) is 0 Å². The van der Waals surface area contributed by atoms with Crippen molar-refractivity contribution in [2.75, 3.05) is 21.3 Å². The fraction of sp³-hybridized carbons (Fsp3) is 0.448. The standard InChI is InChI=1S/C29H36BrClN2O4/c1-17(2)8-9-20(28(34)23-11-13-25(36-6)29(37-7)27(23)31)15-26-32-18(3)19(4)33(26)16-21-14-22(30)10-12-24(21)35-5/h10-14,17,20H,8-9,15-16H2,1-7H3. The van der Waals surface area contributed by atoms with Crippen LogP contribution in [-0.4, -0.2) is 36.7 Å². The summed E-state index contributed by atoms with van der Waals surface area (Å²) >= 11 is 10.2. The molecule has 0 saturated carbocycles. The van der Waals surface area contributed by atoms with Crippen molar-refractivity contribution in [2.45, 2.75) is 53.5 Å². The molecule has 1 atom stereocenters. The molecule has 1 heterocycles. The molecule has 0 N–H and O–H groups in total. The van der Waals surface area contributed by atoms with Crippen LogP contribution in [0.25, 0.3) is 0 Å². The summed E-state index contributed by atoms with van der Waals surface area (Å²) in [5, 5.41) is 0.274. The highest BCUT2D eigenvalue weighted by atomic mass is 79.9. The van der Waals surface area contributed by atoms with Crippen LogP contribution in [0.2, 0.25) is 5.02 Å². The van der Waals surface area contributed by atoms with Crippen molar-refractivity contribution in [1.82, 2.24) is 9.55 Å². The number of Topliss-reactive ketones (excluding diaryl/α,β-unsaturated/α-hetero) is 1. The zero-order valence-electron chi connectivity index (χ0n) is 22.7. The van der Waals surface area contributed by atoms with E-state index in [1.54, 1.807) is 26.4 Å². The van der Waals surface area contributed by atoms with Gasteiger partial charge in [0.15, 0.2) is 17.3 Å². The molecule has 37 heavy (non-hydrogen) atoms. The van der Waals surface area contributed by atoms with E-state index in [9.17, 15) is 4.79 Å². The number of ether oxygens (including phenoxy) is 3. The molecule has 3 rings (SSSR count). The molecule has 2 aromatic carbocycles. The van der Waals surface area contributed by atoms with Crippen molar-refractivity contribution in [3.8, 4) is 17.2 Å². The first-order valence-corrected chi connectivity index (χ1v) is 13.6. The van der Waals surface area contributed by atoms with E-state index in [0.717, 1.165) is 45.8 Å². The van der Waals surface area contributed by atoms with Gasteiger partial charge in [0.2, 0.25) is 0 Å². The Morgan fingerprint density at radius 2 is 1.70 bits per heavy atom. The third-order valence-corrected chi connectivity index (χ3v) is 7.62. The maximum Gasteiger partial charge on any atom is 0.180 e. The summed E-state index contributed by atoms with van der Waals surface area (Å²) in [4.78, 5) is 18.8. The predicted octanol–water partition coefficient (Wildman–Crippen LogP) is 7.47. The molecule has 6 nitrogen and oxygen atoms in total. The number of methoxy groups -OCH3 is 3. The van der Waals surface area contributed by atoms with Crippen molar-refractivity contribution < 1.29 is 19.0 Å². The highest BCUT2D eigenvalue weighted by Gasteiger charge is 2.28. The molecule has 200 valence electrons. The molecule has 1 aromatic heterocycles. The van der Waals surface area contributed by atoms with Crippen molar-refractivity contribution in [2.24, 2.45) is 11.8 Å². The van der Waals surface area contributed by atoms with E-state index in [0.29, 0.717) is 35.9 Å². The maximum atomic E-state index is 13.9. The van der Waals surface area contributed by atoms with E-state index in [2.05, 4.69) is 47.3 Å². The van der Waals surface area contributed by atoms with Crippen LogP contribution < -0.4 is 14.2 Å². The van der Waals surface area contributed by atoms with Gasteiger partial charge in [0.05, 0.1) is 38.6 Å². The van der Waals surface area contributed by atoms with Crippen LogP contribution in [0, 0.1) is 25.7 Å². The van der Waals surface area contributed by atoms with Gasteiger partial charge in [0, 0.05) is 33.6 Å². The summed E-state index contributed by atoms with van der Waals surface area (Å²) < 4.78 is 19.6. The normalized spacial score (nSPS) is 12.1. The van der Waals surface area contributed by atoms with E-state index in [1.165, 1.54) is 7.11 Å². The van der Waals surface area contributed by atoms with Gasteiger partial charge in [0.1, 0.15) is 11.6 Å². The second-order valence-electron chi connectivity index (χ2n) is 9.64. The summed E-state index contributed by atoms with van der Waals surface area (Å²) in [6.45, 7) is 8.99. The molecular formula is C29H36BrClN2O4. The Labute approximate surface area is 233 Å². The van der Waals surface area contributed by atoms with Gasteiger partial charge in [-0.2, -0.15) is 0 Å². The van der Waals surface area contributed by atoms with Gasteiger partial charge in [-0.3, -0.25) is 4.79 Å². The molecule has 0 bridgehead atoms. The summed E-state index contributed by atoms with van der Waals surface area (Å²) in [5.41, 5.74) is 3.49. The van der Waals surface area contributed by atoms with E-state index in [1.807, 2.05) is 19.1 Å². The molecule has 0 aliphatic carbocycles. The number of rotatable bonds is 12. The van der Waals surface area contributed by atoms with Crippen molar-refractivity contribution in [3.05, 3.63) is 68.2 Å². The minimum absolute atomic E-state index is 0.0171. The summed E-state index contributed by atoms with van der Waals surface area (Å²) in [6, 6.07) is 9.42. The molecular weight excluding hydrogens is 556 g/mol. The number of imidazole rings is 1. The molecule has 0 fully saturated rings. The highest BCUT2D eigenvalue weighted by Crippen LogP contribution is 2.39. The third-order valence-electron chi connectivity index (χ3n) is 6.75. The van der Waals surface area contributed by atoms with Crippen LogP contribution in [0.1, 0.15) is 59.8 Å². The van der Waals surface area contributed by atoms with Gasteiger partial charge in [-0.25, -0.2) is 4.98 Å². The van der Waals surface area contributed by atoms with E-state index < -0.39 is 0 Å². The number of nitrogens with zero attached hydrogens (tertiary/aromatic N) is 2. The van der Waals surface area contributed by atoms with Crippen LogP contribution in [0.5, 0.6) is 17.2 Å². The second kappa shape index (κ2) is 12.8. The van der Waals surface area contributed by atoms with Crippen LogP contribution in [0.3, 0.4) is 0 Å². The van der Waals surface area contributed by atoms with Gasteiger partial charge >= 0.3 is 0 Å². The first-order valence-electron chi connectivity index (χ1n) is 12.4. The Hall–Kier alpha value is -2.51. The Morgan fingerprint density at radius 3 is 2.32 bits per heavy atom. The van der Waals surface area contributed by atoms with Gasteiger partial charge < -0.3 is 18.8 Å². The fourth-order valence-corrected chi connectivity index (χ4v) is 5.25. The number of hydrogen-bond acceptors (Lipinski definition) is 5. The topological polar surface area (TPSA) is 62.6 Å². The van der Waals surface area contributed by atoms with E-state index >= 15 is 0 Å². The minimum Gasteiger partial charge on any atom is -0.496 e. The number of aryl methyl sites for hydroxylation is 1. The lowest BCUT2D eigenvalue weighted by molar-refractivity contribution is 0.0906. The number of carbonyl (C=O) groups is 1. The van der Waals surface area contributed by atoms with Crippen molar-refractivity contribution in [1.29, 1.82) is 0 Å². The second-order valence-corrected chi connectivity index (χ2v) is 10.9. The van der Waals surface area contributed by atoms with Crippen molar-refractivity contribution in [3.63, 3.8) is 0 Å². The number of aromatic nitrogens is 2. The summed E-state index contributed by atoms with van der Waals surface area (Å²) in [6.07, 6.45) is 2.15. The molecule has 8 heteroatoms. The summed E-state index contributed by atoms with van der Waals surface area (Å²) in [7, 11) is 4.74. The van der Waals surface area contributed by atoms with E-state index in [-0.39, 0.29) is 16.7 Å². The largest absolute Gasteiger partial charge is 0.496 e. The summed E-state index contributed by atoms with van der Waals surface area (Å²) in [5.74, 6) is 2.70. The highest BCUT2D eigenvalue weighted by molar-refractivity contribution is 9.10. The van der Waals surface area contributed by atoms with Crippen molar-refractivity contribution >= 4 is 33.3 Å². The van der Waals surface area contributed by atoms with Gasteiger partial charge in [0.25, 0.3) is 0 Å². The Kier molecular flexibility index (Phi) is 10.1. The fourth-order valence-electron chi connectivity index (χ4n) is 4.51. The molecule has 0 saturated heterocycles. The number of halogens is 2. The molecule has 1 unspecified atom stereocenters. The smallest absolute Gasteiger partial charge is 0.180 e. The zero-order valence-corrected chi connectivity index (χ0v) is 25.0. The van der Waals surface area contributed by atoms with Crippen LogP contribution >= 0.6 is 27.5 Å². The molecule has 0 spiro atoms. The lowest BCUT2D eigenvalue weighted by atomic mass is 9.87. The molecule has 0 radical (unpaired) electrons. The average Bonchev–Trinajstić information content (AvgIpc) is 3.13. The lowest BCUT2D eigenvalue weighted by Crippen LogP contribution is -2.21. The van der Waals surface area contributed by atoms with E-state index in [4.69, 9.17) is 30.8 Å². The van der Waals surface area contributed by atoms with Gasteiger partial charge in [-0.05, 0) is 56.5 Å². The first-order chi connectivity index (χ1) is 17.6. The third kappa shape index (κ3) is 6.68. The lowest BCUT2D eigenvalue weighted by Gasteiger charge is -2.20. The quantitative estimate of drug-likeness (QED) is 0.205. The number of benzene rings is 2. The predicted molar refractivity (Wildman–Crippen MR) is 152 cm³/mol. The van der Waals surface area contributed by atoms with Crippen LogP contribution in [-0.2, 0) is 13.0 Å². The number of carbonyl (C=O) groups excluding carboxylic acids is 1. The molecule has 0 aliphatic rings. The molecule has 3 aromatic rings. The van der Waals surface area contributed by atoms with Gasteiger partial charge in [-0.15, -0.1) is 0 Å². The SMILES string of the molecule is COc1ccc(Br)cc1Cn1c(CC(CCC(C)C)C(=O)c2ccc(OC)c(OC)c2Cl)nc(C)c1C. The Bertz CT molecular complexity index is 1260. The average molecular weight is 592 g/mol. The Morgan fingerprint density at radius 1 is 1.03 bits per heavy atom. The first kappa shape index (κ1) is 29.1. The molecule has 0 amide bonds. The number of ketones is 1. The zero-order chi connectivity index (χ0) is 27.3. The maximum absolute atomic E-state index is 13.9. The monoisotopic (exact) mass is 590 g/mol. The Balaban J connectivity index is 2.01.